The summed E-state index contributed by atoms with van der Waals surface area (Å²) >= 11 is 0. The van der Waals surface area contributed by atoms with Crippen LogP contribution in [0.3, 0.4) is 0 Å². The first-order chi connectivity index (χ1) is 14.2. The average Bonchev–Trinajstić information content (AvgIpc) is 2.77. The number of aromatic hydroxyl groups is 2. The first-order valence-electron chi connectivity index (χ1n) is 9.36. The zero-order valence-electron chi connectivity index (χ0n) is 15.7. The molecule has 0 aliphatic carbocycles. The van der Waals surface area contributed by atoms with Crippen molar-refractivity contribution in [3.8, 4) is 28.4 Å². The summed E-state index contributed by atoms with van der Waals surface area (Å²) in [5, 5.41) is 19.5. The van der Waals surface area contributed by atoms with E-state index in [9.17, 15) is 0 Å². The molecule has 0 saturated carbocycles. The number of phenolic OH excluding ortho intramolecular Hbond substituents is 2. The van der Waals surface area contributed by atoms with Crippen molar-refractivity contribution < 1.29 is 14.7 Å². The Labute approximate surface area is 172 Å². The van der Waals surface area contributed by atoms with Gasteiger partial charge < -0.3 is 14.7 Å². The van der Waals surface area contributed by atoms with Crippen LogP contribution >= 0.6 is 8.81 Å². The molecule has 0 radical (unpaired) electrons. The molecule has 0 amide bonds. The van der Waals surface area contributed by atoms with E-state index < -0.39 is 0 Å². The van der Waals surface area contributed by atoms with E-state index in [0.717, 1.165) is 23.3 Å². The number of fused-ring (bicyclic) bond motifs is 3. The quantitative estimate of drug-likeness (QED) is 0.427. The van der Waals surface area contributed by atoms with E-state index in [0.29, 0.717) is 8.81 Å². The summed E-state index contributed by atoms with van der Waals surface area (Å²) in [6.45, 7) is 0. The van der Waals surface area contributed by atoms with E-state index in [1.54, 1.807) is 24.3 Å². The molecule has 0 bridgehead atoms. The molecular weight excluding hydrogens is 379 g/mol. The van der Waals surface area contributed by atoms with E-state index >= 15 is 0 Å². The third-order valence-electron chi connectivity index (χ3n) is 4.66. The monoisotopic (exact) mass is 400 g/mol. The van der Waals surface area contributed by atoms with Crippen molar-refractivity contribution >= 4 is 14.1 Å². The van der Waals surface area contributed by atoms with E-state index in [1.165, 1.54) is 16.4 Å². The highest BCUT2D eigenvalue weighted by molar-refractivity contribution is 7.43. The molecule has 0 spiro atoms. The molecule has 4 aromatic rings. The summed E-state index contributed by atoms with van der Waals surface area (Å²) < 4.78 is 5.68. The molecule has 0 saturated heterocycles. The molecule has 1 aliphatic rings. The van der Waals surface area contributed by atoms with Gasteiger partial charge in [0.05, 0.1) is 0 Å². The fourth-order valence-electron chi connectivity index (χ4n) is 3.16. The number of hydrogen-bond donors (Lipinski definition) is 2. The maximum Gasteiger partial charge on any atom is 0.131 e. The summed E-state index contributed by atoms with van der Waals surface area (Å²) in [6.07, 6.45) is 0.806. The topological polar surface area (TPSA) is 49.7 Å². The largest absolute Gasteiger partial charge is 0.508 e. The Morgan fingerprint density at radius 3 is 1.72 bits per heavy atom. The second-order valence-corrected chi connectivity index (χ2v) is 7.70. The van der Waals surface area contributed by atoms with Crippen LogP contribution in [-0.2, 0) is 6.42 Å². The zero-order valence-corrected chi connectivity index (χ0v) is 16.7. The molecule has 29 heavy (non-hydrogen) atoms. The number of benzene rings is 4. The van der Waals surface area contributed by atoms with Crippen LogP contribution < -0.4 is 9.83 Å². The number of para-hydroxylation sites is 1. The maximum absolute atomic E-state index is 9.13. The van der Waals surface area contributed by atoms with Gasteiger partial charge in [0.15, 0.2) is 0 Å². The number of rotatable bonds is 2. The van der Waals surface area contributed by atoms with Crippen molar-refractivity contribution in [1.29, 1.82) is 0 Å². The fourth-order valence-corrected chi connectivity index (χ4v) is 4.05. The molecule has 4 aromatic carbocycles. The summed E-state index contributed by atoms with van der Waals surface area (Å²) in [4.78, 5) is 0. The fraction of sp³-hybridized carbons (Fsp3) is 0.0400. The van der Waals surface area contributed by atoms with Gasteiger partial charge in [0, 0.05) is 10.9 Å². The van der Waals surface area contributed by atoms with Crippen molar-refractivity contribution in [2.75, 3.05) is 0 Å². The Morgan fingerprint density at radius 1 is 0.586 bits per heavy atom. The predicted molar refractivity (Wildman–Crippen MR) is 119 cm³/mol. The molecule has 1 heterocycles. The Kier molecular flexibility index (Phi) is 5.79. The molecule has 0 fully saturated rings. The third-order valence-corrected chi connectivity index (χ3v) is 5.63. The van der Waals surface area contributed by atoms with Crippen LogP contribution in [0, 0.1) is 0 Å². The number of hydrogen-bond acceptors (Lipinski definition) is 3. The van der Waals surface area contributed by atoms with Gasteiger partial charge in [-0.05, 0) is 53.4 Å². The lowest BCUT2D eigenvalue weighted by molar-refractivity contribution is 0.475. The average molecular weight is 400 g/mol. The van der Waals surface area contributed by atoms with Crippen molar-refractivity contribution in [3.05, 3.63) is 108 Å². The highest BCUT2D eigenvalue weighted by Gasteiger charge is 2.15. The minimum atomic E-state index is 0.282. The van der Waals surface area contributed by atoms with E-state index in [2.05, 4.69) is 30.3 Å². The Bertz CT molecular complexity index is 1000. The molecule has 0 aromatic heterocycles. The van der Waals surface area contributed by atoms with E-state index in [1.807, 2.05) is 42.5 Å². The second kappa shape index (κ2) is 8.81. The van der Waals surface area contributed by atoms with Gasteiger partial charge in [0.1, 0.15) is 26.1 Å². The molecule has 2 N–H and O–H groups in total. The SMILES string of the molecule is Oc1ccc(Cc2ccc(O)cc2)cc1.c1ccc2c(c1)OPc1ccccc1-2. The van der Waals surface area contributed by atoms with Crippen LogP contribution in [0.4, 0.5) is 0 Å². The summed E-state index contributed by atoms with van der Waals surface area (Å²) in [6, 6.07) is 30.9. The van der Waals surface area contributed by atoms with Crippen LogP contribution in [0.25, 0.3) is 11.1 Å². The Balaban J connectivity index is 0.000000141. The van der Waals surface area contributed by atoms with Gasteiger partial charge in [0.25, 0.3) is 0 Å². The van der Waals surface area contributed by atoms with Crippen LogP contribution in [0.5, 0.6) is 17.2 Å². The van der Waals surface area contributed by atoms with Gasteiger partial charge in [-0.3, -0.25) is 0 Å². The smallest absolute Gasteiger partial charge is 0.131 e. The molecule has 1 aliphatic heterocycles. The molecule has 1 unspecified atom stereocenters. The van der Waals surface area contributed by atoms with Crippen molar-refractivity contribution in [3.63, 3.8) is 0 Å². The van der Waals surface area contributed by atoms with Crippen molar-refractivity contribution in [1.82, 2.24) is 0 Å². The highest BCUT2D eigenvalue weighted by Crippen LogP contribution is 2.38. The highest BCUT2D eigenvalue weighted by atomic mass is 31.1. The number of phenols is 2. The lowest BCUT2D eigenvalue weighted by atomic mass is 10.0. The van der Waals surface area contributed by atoms with Gasteiger partial charge in [0.2, 0.25) is 0 Å². The summed E-state index contributed by atoms with van der Waals surface area (Å²) in [5.74, 6) is 1.57. The minimum Gasteiger partial charge on any atom is -0.508 e. The lowest BCUT2D eigenvalue weighted by Crippen LogP contribution is -2.06. The predicted octanol–water partition coefficient (Wildman–Crippen LogP) is 5.65. The second-order valence-electron chi connectivity index (χ2n) is 6.76. The van der Waals surface area contributed by atoms with Crippen LogP contribution in [0.2, 0.25) is 0 Å². The van der Waals surface area contributed by atoms with Gasteiger partial charge in [-0.2, -0.15) is 0 Å². The Hall–Kier alpha value is -3.29. The first kappa shape index (κ1) is 19.0. The van der Waals surface area contributed by atoms with Crippen molar-refractivity contribution in [2.24, 2.45) is 0 Å². The zero-order chi connectivity index (χ0) is 20.1. The molecule has 144 valence electrons. The van der Waals surface area contributed by atoms with Gasteiger partial charge >= 0.3 is 0 Å². The molecule has 3 nitrogen and oxygen atoms in total. The lowest BCUT2D eigenvalue weighted by Gasteiger charge is -2.19. The molecule has 5 rings (SSSR count). The third kappa shape index (κ3) is 4.77. The first-order valence-corrected chi connectivity index (χ1v) is 10.3. The summed E-state index contributed by atoms with van der Waals surface area (Å²) in [5.41, 5.74) is 4.80. The molecule has 1 atom stereocenters. The van der Waals surface area contributed by atoms with Gasteiger partial charge in [-0.1, -0.05) is 66.7 Å². The Morgan fingerprint density at radius 2 is 1.10 bits per heavy atom. The standard InChI is InChI=1S/C13H12O2.C12H9OP/c14-12-5-1-10(2-6-12)9-11-3-7-13(15)8-4-11;1-3-7-11-9(5-1)10-6-2-4-8-12(10)14-13-11/h1-8,14-15H,9H2;1-8,14H. The minimum absolute atomic E-state index is 0.282. The maximum atomic E-state index is 9.13. The summed E-state index contributed by atoms with van der Waals surface area (Å²) in [7, 11) is 0.440. The van der Waals surface area contributed by atoms with Crippen LogP contribution in [0.15, 0.2) is 97.1 Å². The van der Waals surface area contributed by atoms with E-state index in [4.69, 9.17) is 14.7 Å². The molecule has 4 heteroatoms. The van der Waals surface area contributed by atoms with Crippen molar-refractivity contribution in [2.45, 2.75) is 6.42 Å². The van der Waals surface area contributed by atoms with Crippen LogP contribution in [0.1, 0.15) is 11.1 Å². The normalized spacial score (nSPS) is 12.1. The molecular formula is C25H21O3P. The van der Waals surface area contributed by atoms with Gasteiger partial charge in [-0.25, -0.2) is 0 Å². The van der Waals surface area contributed by atoms with Crippen LogP contribution in [-0.4, -0.2) is 10.2 Å². The van der Waals surface area contributed by atoms with E-state index in [-0.39, 0.29) is 11.5 Å². The van der Waals surface area contributed by atoms with Gasteiger partial charge in [-0.15, -0.1) is 0 Å².